The Bertz CT molecular complexity index is 8.00. The molecule has 0 nitrogen and oxygen atoms in total. The molecule has 0 aromatic rings. The summed E-state index contributed by atoms with van der Waals surface area (Å²) in [6.07, 6.45) is 0. The zero-order valence-electron chi connectivity index (χ0n) is 1.61. The van der Waals surface area contributed by atoms with Gasteiger partial charge in [-0.25, -0.2) is 0 Å². The molecule has 0 N–H and O–H groups in total. The fraction of sp³-hybridized carbons (Fsp3) is 0. The Labute approximate surface area is 85.3 Å². The third-order valence-electron chi connectivity index (χ3n) is 0. The van der Waals surface area contributed by atoms with Crippen molar-refractivity contribution in [2.75, 3.05) is 0 Å². The van der Waals surface area contributed by atoms with Crippen molar-refractivity contribution in [2.45, 2.75) is 0 Å². The molecule has 0 rings (SSSR count). The van der Waals surface area contributed by atoms with Gasteiger partial charge in [-0.15, -0.1) is 0 Å². The van der Waals surface area contributed by atoms with E-state index in [0.29, 0.717) is 0 Å². The van der Waals surface area contributed by atoms with Crippen molar-refractivity contribution in [3.8, 4) is 0 Å². The van der Waals surface area contributed by atoms with Crippen molar-refractivity contribution >= 4 is 0 Å². The van der Waals surface area contributed by atoms with Gasteiger partial charge in [0.2, 0.25) is 0 Å². The van der Waals surface area contributed by atoms with Crippen molar-refractivity contribution < 1.29 is 86.8 Å². The van der Waals surface area contributed by atoms with E-state index in [-0.39, 0.29) is 86.8 Å². The molecule has 0 unspecified atom stereocenters. The van der Waals surface area contributed by atoms with Crippen molar-refractivity contribution in [1.82, 2.24) is 0 Å². The molecular formula is CuFeLaMn. The molecule has 0 aliphatic heterocycles. The van der Waals surface area contributed by atoms with Gasteiger partial charge in [0, 0.05) is 86.8 Å². The minimum Gasteiger partial charge on any atom is 0 e. The molecule has 4 heteroatoms. The SMILES string of the molecule is [Cu].[Fe].[La].[Mn]. The van der Waals surface area contributed by atoms with Crippen LogP contribution < -0.4 is 0 Å². The largest absolute Gasteiger partial charge is 0 e. The summed E-state index contributed by atoms with van der Waals surface area (Å²) < 4.78 is 0. The molecule has 3 radical (unpaired) electrons. The van der Waals surface area contributed by atoms with Crippen LogP contribution in [0.1, 0.15) is 0 Å². The second-order valence-electron chi connectivity index (χ2n) is 0. The van der Waals surface area contributed by atoms with Gasteiger partial charge in [0.25, 0.3) is 0 Å². The minimum atomic E-state index is 0. The van der Waals surface area contributed by atoms with Crippen LogP contribution in [0.25, 0.3) is 0 Å². The maximum absolute atomic E-state index is 0. The quantitative estimate of drug-likeness (QED) is 0.552. The van der Waals surface area contributed by atoms with Crippen molar-refractivity contribution in [2.24, 2.45) is 0 Å². The maximum Gasteiger partial charge on any atom is 0 e. The van der Waals surface area contributed by atoms with E-state index in [9.17, 15) is 0 Å². The van der Waals surface area contributed by atoms with E-state index in [4.69, 9.17) is 0 Å². The van der Waals surface area contributed by atoms with Gasteiger partial charge in [-0.3, -0.25) is 0 Å². The predicted octanol–water partition coefficient (Wildman–Crippen LogP) is -0.00750. The van der Waals surface area contributed by atoms with Gasteiger partial charge in [-0.05, 0) is 0 Å². The third kappa shape index (κ3) is 8.83. The fourth-order valence-corrected chi connectivity index (χ4v) is 0. The van der Waals surface area contributed by atoms with Crippen molar-refractivity contribution in [3.63, 3.8) is 0 Å². The van der Waals surface area contributed by atoms with Crippen LogP contribution in [0.2, 0.25) is 0 Å². The molecule has 0 amide bonds. The topological polar surface area (TPSA) is 0 Å². The average Bonchev–Trinajstić information content (AvgIpc) is 0. The summed E-state index contributed by atoms with van der Waals surface area (Å²) in [4.78, 5) is 0. The molecule has 0 saturated heterocycles. The van der Waals surface area contributed by atoms with Gasteiger partial charge >= 0.3 is 0 Å². The average molecular weight is 313 g/mol. The second-order valence-corrected chi connectivity index (χ2v) is 0. The van der Waals surface area contributed by atoms with Crippen LogP contribution in [-0.2, 0) is 51.2 Å². The molecule has 0 saturated carbocycles. The van der Waals surface area contributed by atoms with Gasteiger partial charge in [-0.2, -0.15) is 0 Å². The van der Waals surface area contributed by atoms with Crippen molar-refractivity contribution in [3.05, 3.63) is 0 Å². The Morgan fingerprint density at radius 1 is 1.00 bits per heavy atom. The second kappa shape index (κ2) is 17.1. The van der Waals surface area contributed by atoms with Gasteiger partial charge in [0.15, 0.2) is 0 Å². The number of hydrogen-bond donors (Lipinski definition) is 0. The Balaban J connectivity index is 0. The maximum atomic E-state index is 0. The van der Waals surface area contributed by atoms with E-state index >= 15 is 0 Å². The smallest absolute Gasteiger partial charge is 0 e. The number of hydrogen-bond acceptors (Lipinski definition) is 0. The molecule has 0 aromatic heterocycles. The van der Waals surface area contributed by atoms with Crippen LogP contribution in [0.15, 0.2) is 0 Å². The Morgan fingerprint density at radius 2 is 1.00 bits per heavy atom. The van der Waals surface area contributed by atoms with Gasteiger partial charge in [-0.1, -0.05) is 0 Å². The fourth-order valence-electron chi connectivity index (χ4n) is 0. The Kier molecular flexibility index (Phi) is 126. The molecule has 0 fully saturated rings. The summed E-state index contributed by atoms with van der Waals surface area (Å²) in [7, 11) is 0. The summed E-state index contributed by atoms with van der Waals surface area (Å²) in [5, 5.41) is 0. The van der Waals surface area contributed by atoms with Crippen LogP contribution in [0, 0.1) is 35.6 Å². The van der Waals surface area contributed by atoms with Crippen LogP contribution in [-0.4, -0.2) is 0 Å². The predicted molar refractivity (Wildman–Crippen MR) is 0 cm³/mol. The van der Waals surface area contributed by atoms with E-state index in [1.807, 2.05) is 0 Å². The summed E-state index contributed by atoms with van der Waals surface area (Å²) in [5.41, 5.74) is 0. The summed E-state index contributed by atoms with van der Waals surface area (Å²) in [5.74, 6) is 0. The molecule has 4 heavy (non-hydrogen) atoms. The van der Waals surface area contributed by atoms with Crippen LogP contribution in [0.4, 0.5) is 0 Å². The zero-order chi connectivity index (χ0) is 0. The first kappa shape index (κ1) is 29.5. The summed E-state index contributed by atoms with van der Waals surface area (Å²) in [6, 6.07) is 0. The standard InChI is InChI=1S/Cu.Fe.La.Mn. The van der Waals surface area contributed by atoms with Gasteiger partial charge in [0.1, 0.15) is 0 Å². The van der Waals surface area contributed by atoms with Crippen LogP contribution >= 0.6 is 0 Å². The monoisotopic (exact) mass is 313 g/mol. The molecular weight excluding hydrogens is 313 g/mol. The first-order valence-corrected chi connectivity index (χ1v) is 0. The van der Waals surface area contributed by atoms with E-state index < -0.39 is 0 Å². The first-order valence-electron chi connectivity index (χ1n) is 0. The molecule has 0 aliphatic carbocycles. The van der Waals surface area contributed by atoms with E-state index in [1.54, 1.807) is 0 Å². The van der Waals surface area contributed by atoms with E-state index in [0.717, 1.165) is 0 Å². The van der Waals surface area contributed by atoms with E-state index in [2.05, 4.69) is 0 Å². The Morgan fingerprint density at radius 3 is 1.00 bits per heavy atom. The summed E-state index contributed by atoms with van der Waals surface area (Å²) >= 11 is 0. The zero-order valence-corrected chi connectivity index (χ0v) is 8.46. The third-order valence-corrected chi connectivity index (χ3v) is 0. The van der Waals surface area contributed by atoms with Crippen LogP contribution in [0.3, 0.4) is 0 Å². The molecule has 0 aromatic carbocycles. The molecule has 0 aliphatic rings. The number of rotatable bonds is 0. The van der Waals surface area contributed by atoms with E-state index in [1.165, 1.54) is 0 Å². The van der Waals surface area contributed by atoms with Gasteiger partial charge < -0.3 is 0 Å². The van der Waals surface area contributed by atoms with Gasteiger partial charge in [0.05, 0.1) is 0 Å². The Hall–Kier alpha value is 2.75. The molecule has 0 spiro atoms. The molecule has 0 bridgehead atoms. The summed E-state index contributed by atoms with van der Waals surface area (Å²) in [6.45, 7) is 0. The normalized spacial score (nSPS) is 0. The molecule has 0 atom stereocenters. The minimum absolute atomic E-state index is 0. The van der Waals surface area contributed by atoms with Crippen LogP contribution in [0.5, 0.6) is 0 Å². The molecule has 0 heterocycles. The first-order chi connectivity index (χ1) is 0. The molecule has 29 valence electrons. The van der Waals surface area contributed by atoms with Crippen molar-refractivity contribution in [1.29, 1.82) is 0 Å².